The number of rotatable bonds is 7. The quantitative estimate of drug-likeness (QED) is 0.174. The van der Waals surface area contributed by atoms with Gasteiger partial charge in [-0.25, -0.2) is 0 Å². The minimum atomic E-state index is -0.437. The van der Waals surface area contributed by atoms with Crippen LogP contribution in [0.1, 0.15) is 6.85 Å². The van der Waals surface area contributed by atoms with Crippen molar-refractivity contribution in [2.75, 3.05) is 4.90 Å². The number of hydrogen-bond donors (Lipinski definition) is 0. The lowest BCUT2D eigenvalue weighted by Gasteiger charge is -2.26. The van der Waals surface area contributed by atoms with Crippen LogP contribution in [0.5, 0.6) is 11.5 Å². The van der Waals surface area contributed by atoms with Crippen molar-refractivity contribution in [2.45, 2.75) is 0 Å². The Hall–Kier alpha value is -6.58. The zero-order chi connectivity index (χ0) is 36.9. The van der Waals surface area contributed by atoms with E-state index in [0.29, 0.717) is 22.9 Å². The molecule has 0 fully saturated rings. The van der Waals surface area contributed by atoms with Crippen molar-refractivity contribution in [3.63, 3.8) is 0 Å². The van der Waals surface area contributed by atoms with Gasteiger partial charge in [-0.1, -0.05) is 103 Å². The zero-order valence-electron chi connectivity index (χ0n) is 31.4. The molecule has 49 heavy (non-hydrogen) atoms. The molecule has 0 N–H and O–H groups in total. The highest BCUT2D eigenvalue weighted by Crippen LogP contribution is 2.41. The molecule has 3 nitrogen and oxygen atoms in total. The lowest BCUT2D eigenvalue weighted by Crippen LogP contribution is -2.09. The second-order valence-corrected chi connectivity index (χ2v) is 11.9. The van der Waals surface area contributed by atoms with E-state index in [4.69, 9.17) is 11.6 Å². The number of fused-ring (bicyclic) bond motifs is 5. The van der Waals surface area contributed by atoms with Gasteiger partial charge in [0, 0.05) is 34.2 Å². The maximum Gasteiger partial charge on any atom is 0.127 e. The smallest absolute Gasteiger partial charge is 0.127 e. The average molecular weight is 634 g/mol. The summed E-state index contributed by atoms with van der Waals surface area (Å²) in [6.07, 6.45) is 2.11. The molecule has 0 saturated carbocycles. The Morgan fingerprint density at radius 3 is 1.88 bits per heavy atom. The fourth-order valence-corrected chi connectivity index (χ4v) is 6.69. The molecule has 0 aliphatic heterocycles. The summed E-state index contributed by atoms with van der Waals surface area (Å²) in [6, 6.07) is 50.5. The first kappa shape index (κ1) is 23.7. The minimum Gasteiger partial charge on any atom is -0.457 e. The first-order chi connectivity index (χ1) is 26.4. The minimum absolute atomic E-state index is 0.0628. The van der Waals surface area contributed by atoms with Crippen LogP contribution in [-0.4, -0.2) is 4.40 Å². The molecule has 0 aliphatic carbocycles. The van der Waals surface area contributed by atoms with E-state index in [2.05, 4.69) is 83.4 Å². The van der Waals surface area contributed by atoms with Gasteiger partial charge >= 0.3 is 0 Å². The number of pyridine rings is 1. The van der Waals surface area contributed by atoms with E-state index < -0.39 is 18.1 Å². The fourth-order valence-electron chi connectivity index (χ4n) is 6.69. The predicted octanol–water partition coefficient (Wildman–Crippen LogP) is 12.8. The first-order valence-electron chi connectivity index (χ1n) is 18.7. The molecule has 2 heterocycles. The van der Waals surface area contributed by atoms with Crippen LogP contribution in [-0.2, 0) is 0 Å². The third-order valence-corrected chi connectivity index (χ3v) is 8.93. The van der Waals surface area contributed by atoms with Crippen molar-refractivity contribution in [3.8, 4) is 33.8 Å². The Morgan fingerprint density at radius 1 is 0.490 bits per heavy atom. The molecule has 0 amide bonds. The molecule has 3 heteroatoms. The summed E-state index contributed by atoms with van der Waals surface area (Å²) in [7, 11) is 0. The third kappa shape index (κ3) is 5.28. The number of nitrogens with zero attached hydrogens (tertiary/aromatic N) is 2. The Balaban J connectivity index is 1.16. The van der Waals surface area contributed by atoms with Crippen molar-refractivity contribution < 1.29 is 11.6 Å². The van der Waals surface area contributed by atoms with Crippen LogP contribution >= 0.6 is 0 Å². The molecule has 0 atom stereocenters. The standard InChI is InChI=1S/C46H32N2O/c1-4-12-35(13-5-1)45-43-18-10-11-31-47(43)44-30-23-34-19-20-36(32-42(34)46(44)45)33-21-24-38(25-22-33)48(37-14-6-2-7-15-37)39-26-28-41(29-27-39)49-40-16-8-3-9-17-40/h1-32H/i2D,6D,7D,14D,15D. The van der Waals surface area contributed by atoms with Crippen LogP contribution in [0.15, 0.2) is 194 Å². The van der Waals surface area contributed by atoms with E-state index in [9.17, 15) is 0 Å². The molecule has 0 spiro atoms. The normalized spacial score (nSPS) is 12.7. The van der Waals surface area contributed by atoms with Gasteiger partial charge in [-0.3, -0.25) is 0 Å². The second kappa shape index (κ2) is 12.2. The van der Waals surface area contributed by atoms with Crippen LogP contribution in [0.3, 0.4) is 0 Å². The molecule has 9 rings (SSSR count). The van der Waals surface area contributed by atoms with Crippen LogP contribution in [0, 0.1) is 0 Å². The summed E-state index contributed by atoms with van der Waals surface area (Å²) in [5.74, 6) is 1.30. The van der Waals surface area contributed by atoms with Gasteiger partial charge in [-0.05, 0) is 112 Å². The third-order valence-electron chi connectivity index (χ3n) is 8.93. The molecule has 2 aromatic heterocycles. The average Bonchev–Trinajstić information content (AvgIpc) is 3.57. The molecule has 0 bridgehead atoms. The van der Waals surface area contributed by atoms with Crippen molar-refractivity contribution in [3.05, 3.63) is 194 Å². The molecule has 0 aliphatic rings. The Kier molecular flexibility index (Phi) is 5.91. The first-order valence-corrected chi connectivity index (χ1v) is 16.2. The second-order valence-electron chi connectivity index (χ2n) is 11.9. The summed E-state index contributed by atoms with van der Waals surface area (Å²) in [4.78, 5) is 1.71. The maximum absolute atomic E-state index is 8.85. The van der Waals surface area contributed by atoms with Crippen molar-refractivity contribution >= 4 is 44.3 Å². The van der Waals surface area contributed by atoms with Gasteiger partial charge in [0.1, 0.15) is 11.5 Å². The molecule has 9 aromatic rings. The van der Waals surface area contributed by atoms with Gasteiger partial charge in [0.05, 0.1) is 17.9 Å². The molecule has 0 radical (unpaired) electrons. The lowest BCUT2D eigenvalue weighted by molar-refractivity contribution is 0.483. The molecule has 7 aromatic carbocycles. The van der Waals surface area contributed by atoms with Crippen LogP contribution < -0.4 is 9.64 Å². The van der Waals surface area contributed by atoms with Gasteiger partial charge < -0.3 is 14.0 Å². The molecular formula is C46H32N2O. The van der Waals surface area contributed by atoms with Gasteiger partial charge in [0.15, 0.2) is 0 Å². The topological polar surface area (TPSA) is 16.9 Å². The summed E-state index contributed by atoms with van der Waals surface area (Å²) in [6.45, 7) is 0. The molecule has 232 valence electrons. The van der Waals surface area contributed by atoms with E-state index in [1.54, 1.807) is 4.90 Å². The van der Waals surface area contributed by atoms with Gasteiger partial charge in [0.25, 0.3) is 0 Å². The fraction of sp³-hybridized carbons (Fsp3) is 0. The number of benzene rings is 7. The Labute approximate surface area is 292 Å². The Bertz CT molecular complexity index is 2810. The van der Waals surface area contributed by atoms with E-state index in [1.807, 2.05) is 84.9 Å². The van der Waals surface area contributed by atoms with Crippen molar-refractivity contribution in [2.24, 2.45) is 0 Å². The highest BCUT2D eigenvalue weighted by molar-refractivity contribution is 6.19. The SMILES string of the molecule is [2H]c1c([2H])c([2H])c(N(c2ccc(Oc3ccccc3)cc2)c2ccc(-c3ccc4ccc5c(c(-c6ccccc6)c6ccccn65)c4c3)cc2)c([2H])c1[2H]. The monoisotopic (exact) mass is 633 g/mol. The van der Waals surface area contributed by atoms with Crippen molar-refractivity contribution in [1.29, 1.82) is 0 Å². The summed E-state index contributed by atoms with van der Waals surface area (Å²) in [5.41, 5.74) is 7.97. The molecular weight excluding hydrogens is 597 g/mol. The Morgan fingerprint density at radius 2 is 1.12 bits per heavy atom. The van der Waals surface area contributed by atoms with E-state index in [-0.39, 0.29) is 17.8 Å². The summed E-state index contributed by atoms with van der Waals surface area (Å²) in [5, 5.41) is 3.48. The summed E-state index contributed by atoms with van der Waals surface area (Å²) >= 11 is 0. The summed E-state index contributed by atoms with van der Waals surface area (Å²) < 4.78 is 51.1. The maximum atomic E-state index is 8.85. The van der Waals surface area contributed by atoms with Crippen LogP contribution in [0.4, 0.5) is 17.1 Å². The van der Waals surface area contributed by atoms with Gasteiger partial charge in [0.2, 0.25) is 0 Å². The van der Waals surface area contributed by atoms with Crippen LogP contribution in [0.25, 0.3) is 49.4 Å². The van der Waals surface area contributed by atoms with E-state index in [1.165, 1.54) is 10.9 Å². The van der Waals surface area contributed by atoms with Crippen LogP contribution in [0.2, 0.25) is 0 Å². The highest BCUT2D eigenvalue weighted by atomic mass is 16.5. The van der Waals surface area contributed by atoms with E-state index >= 15 is 0 Å². The molecule has 0 unspecified atom stereocenters. The number of hydrogen-bond acceptors (Lipinski definition) is 2. The molecule has 0 saturated heterocycles. The predicted molar refractivity (Wildman–Crippen MR) is 204 cm³/mol. The van der Waals surface area contributed by atoms with E-state index in [0.717, 1.165) is 38.5 Å². The van der Waals surface area contributed by atoms with Crippen molar-refractivity contribution in [1.82, 2.24) is 4.40 Å². The number of para-hydroxylation sites is 2. The number of ether oxygens (including phenoxy) is 1. The largest absolute Gasteiger partial charge is 0.457 e. The van der Waals surface area contributed by atoms with Gasteiger partial charge in [-0.15, -0.1) is 0 Å². The lowest BCUT2D eigenvalue weighted by atomic mass is 9.95. The van der Waals surface area contributed by atoms with Gasteiger partial charge in [-0.2, -0.15) is 0 Å². The highest BCUT2D eigenvalue weighted by Gasteiger charge is 2.17. The zero-order valence-corrected chi connectivity index (χ0v) is 26.4. The number of anilines is 3. The number of aromatic nitrogens is 1.